The number of aromatic nitrogens is 3. The van der Waals surface area contributed by atoms with Crippen molar-refractivity contribution in [1.29, 1.82) is 0 Å². The van der Waals surface area contributed by atoms with Crippen molar-refractivity contribution in [2.24, 2.45) is 0 Å². The molecule has 22 heavy (non-hydrogen) atoms. The van der Waals surface area contributed by atoms with Crippen LogP contribution in [0.2, 0.25) is 0 Å². The predicted molar refractivity (Wildman–Crippen MR) is 90.2 cm³/mol. The zero-order valence-corrected chi connectivity index (χ0v) is 12.6. The van der Waals surface area contributed by atoms with E-state index in [4.69, 9.17) is 0 Å². The minimum Gasteiger partial charge on any atom is -0.247 e. The highest BCUT2D eigenvalue weighted by Crippen LogP contribution is 1.79. The Bertz CT molecular complexity index is 606. The summed E-state index contributed by atoms with van der Waals surface area (Å²) in [4.78, 5) is 35.8. The second kappa shape index (κ2) is 9.93. The lowest BCUT2D eigenvalue weighted by molar-refractivity contribution is 0.502. The van der Waals surface area contributed by atoms with Crippen LogP contribution in [0.5, 0.6) is 0 Å². The van der Waals surface area contributed by atoms with Gasteiger partial charge in [0.1, 0.15) is 0 Å². The Hall–Kier alpha value is -2.89. The standard InChI is InChI=1S/C12H15N3O3.C4H6/c1-4-7-13-10(16)14(8-5-2)12(18)15(9-6-3)11(13)17;1-3-4-2/h4-6H,1-3,7-9H2;3-4H,1-2H2. The van der Waals surface area contributed by atoms with Gasteiger partial charge in [0.05, 0.1) is 19.6 Å². The fourth-order valence-electron chi connectivity index (χ4n) is 1.54. The molecule has 0 aliphatic rings. The van der Waals surface area contributed by atoms with Crippen LogP contribution in [-0.2, 0) is 19.6 Å². The lowest BCUT2D eigenvalue weighted by Crippen LogP contribution is -2.54. The van der Waals surface area contributed by atoms with Crippen molar-refractivity contribution < 1.29 is 0 Å². The van der Waals surface area contributed by atoms with E-state index in [1.54, 1.807) is 12.2 Å². The van der Waals surface area contributed by atoms with Gasteiger partial charge < -0.3 is 0 Å². The van der Waals surface area contributed by atoms with Crippen LogP contribution in [0.1, 0.15) is 0 Å². The molecular weight excluding hydrogens is 282 g/mol. The van der Waals surface area contributed by atoms with Crippen LogP contribution in [0.25, 0.3) is 0 Å². The predicted octanol–water partition coefficient (Wildman–Crippen LogP) is 1.09. The Morgan fingerprint density at radius 1 is 0.591 bits per heavy atom. The van der Waals surface area contributed by atoms with Crippen LogP contribution < -0.4 is 17.1 Å². The van der Waals surface area contributed by atoms with Gasteiger partial charge in [0.2, 0.25) is 0 Å². The normalized spacial score (nSPS) is 9.09. The third-order valence-corrected chi connectivity index (χ3v) is 2.49. The summed E-state index contributed by atoms with van der Waals surface area (Å²) in [6, 6.07) is 0. The Morgan fingerprint density at radius 2 is 0.818 bits per heavy atom. The Labute approximate surface area is 129 Å². The molecule has 0 aromatic carbocycles. The maximum absolute atomic E-state index is 11.9. The van der Waals surface area contributed by atoms with Gasteiger partial charge in [-0.3, -0.25) is 0 Å². The first-order chi connectivity index (χ1) is 10.5. The second-order valence-electron chi connectivity index (χ2n) is 4.02. The van der Waals surface area contributed by atoms with E-state index in [0.29, 0.717) is 0 Å². The molecule has 1 rings (SSSR count). The molecule has 0 saturated heterocycles. The first-order valence-electron chi connectivity index (χ1n) is 6.50. The summed E-state index contributed by atoms with van der Waals surface area (Å²) in [5, 5.41) is 0. The molecule has 0 amide bonds. The van der Waals surface area contributed by atoms with Crippen LogP contribution in [-0.4, -0.2) is 13.7 Å². The lowest BCUT2D eigenvalue weighted by Gasteiger charge is -2.10. The molecule has 0 aliphatic heterocycles. The maximum Gasteiger partial charge on any atom is 0.336 e. The fraction of sp³-hybridized carbons (Fsp3) is 0.188. The lowest BCUT2D eigenvalue weighted by atomic mass is 10.5. The van der Waals surface area contributed by atoms with Crippen LogP contribution in [0.3, 0.4) is 0 Å². The van der Waals surface area contributed by atoms with Crippen molar-refractivity contribution in [2.45, 2.75) is 19.6 Å². The average Bonchev–Trinajstić information content (AvgIpc) is 2.52. The van der Waals surface area contributed by atoms with Crippen molar-refractivity contribution in [3.63, 3.8) is 0 Å². The van der Waals surface area contributed by atoms with Crippen molar-refractivity contribution in [3.05, 3.63) is 94.7 Å². The molecule has 0 aliphatic carbocycles. The summed E-state index contributed by atoms with van der Waals surface area (Å²) >= 11 is 0. The summed E-state index contributed by atoms with van der Waals surface area (Å²) in [5.74, 6) is 0. The average molecular weight is 303 g/mol. The van der Waals surface area contributed by atoms with Gasteiger partial charge in [-0.15, -0.1) is 19.7 Å². The summed E-state index contributed by atoms with van der Waals surface area (Å²) in [6.45, 7) is 17.3. The molecule has 1 aromatic heterocycles. The quantitative estimate of drug-likeness (QED) is 0.559. The van der Waals surface area contributed by atoms with Gasteiger partial charge in [-0.05, 0) is 0 Å². The largest absolute Gasteiger partial charge is 0.336 e. The zero-order valence-electron chi connectivity index (χ0n) is 12.6. The molecule has 118 valence electrons. The van der Waals surface area contributed by atoms with Gasteiger partial charge in [-0.2, -0.15) is 0 Å². The van der Waals surface area contributed by atoms with Gasteiger partial charge in [0, 0.05) is 0 Å². The van der Waals surface area contributed by atoms with Gasteiger partial charge in [0.15, 0.2) is 0 Å². The molecule has 0 atom stereocenters. The summed E-state index contributed by atoms with van der Waals surface area (Å²) in [7, 11) is 0. The Kier molecular flexibility index (Phi) is 8.62. The topological polar surface area (TPSA) is 66.0 Å². The summed E-state index contributed by atoms with van der Waals surface area (Å²) < 4.78 is 2.84. The van der Waals surface area contributed by atoms with Gasteiger partial charge in [0.25, 0.3) is 0 Å². The van der Waals surface area contributed by atoms with Crippen LogP contribution in [0.4, 0.5) is 0 Å². The first-order valence-corrected chi connectivity index (χ1v) is 6.50. The minimum absolute atomic E-state index is 0.0478. The van der Waals surface area contributed by atoms with Crippen molar-refractivity contribution in [1.82, 2.24) is 13.7 Å². The highest BCUT2D eigenvalue weighted by molar-refractivity contribution is 4.88. The van der Waals surface area contributed by atoms with Crippen molar-refractivity contribution in [3.8, 4) is 0 Å². The van der Waals surface area contributed by atoms with Crippen LogP contribution in [0.15, 0.2) is 77.7 Å². The molecule has 0 N–H and O–H groups in total. The number of rotatable bonds is 7. The van der Waals surface area contributed by atoms with Gasteiger partial charge in [-0.25, -0.2) is 28.1 Å². The van der Waals surface area contributed by atoms with Crippen LogP contribution in [0, 0.1) is 0 Å². The molecule has 0 saturated carbocycles. The van der Waals surface area contributed by atoms with E-state index in [9.17, 15) is 14.4 Å². The van der Waals surface area contributed by atoms with Crippen molar-refractivity contribution in [2.75, 3.05) is 0 Å². The van der Waals surface area contributed by atoms with E-state index in [-0.39, 0.29) is 19.6 Å². The zero-order chi connectivity index (χ0) is 17.1. The second-order valence-corrected chi connectivity index (χ2v) is 4.02. The van der Waals surface area contributed by atoms with Crippen LogP contribution >= 0.6 is 0 Å². The molecule has 0 spiro atoms. The first kappa shape index (κ1) is 19.1. The minimum atomic E-state index is -0.662. The molecule has 0 radical (unpaired) electrons. The third-order valence-electron chi connectivity index (χ3n) is 2.49. The SMILES string of the molecule is C=CC=C.C=CCn1c(=O)n(CC=C)c(=O)n(CC=C)c1=O. The van der Waals surface area contributed by atoms with E-state index in [0.717, 1.165) is 13.7 Å². The van der Waals surface area contributed by atoms with E-state index in [1.165, 1.54) is 18.2 Å². The fourth-order valence-corrected chi connectivity index (χ4v) is 1.54. The molecule has 0 unspecified atom stereocenters. The third kappa shape index (κ3) is 4.59. The molecule has 6 nitrogen and oxygen atoms in total. The van der Waals surface area contributed by atoms with Gasteiger partial charge in [-0.1, -0.05) is 43.5 Å². The summed E-state index contributed by atoms with van der Waals surface area (Å²) in [6.07, 6.45) is 7.54. The molecule has 1 heterocycles. The maximum atomic E-state index is 11.9. The molecule has 0 bridgehead atoms. The van der Waals surface area contributed by atoms with E-state index in [1.807, 2.05) is 0 Å². The smallest absolute Gasteiger partial charge is 0.247 e. The highest BCUT2D eigenvalue weighted by Gasteiger charge is 2.12. The van der Waals surface area contributed by atoms with E-state index >= 15 is 0 Å². The Balaban J connectivity index is 0.000000980. The monoisotopic (exact) mass is 303 g/mol. The van der Waals surface area contributed by atoms with Crippen molar-refractivity contribution >= 4 is 0 Å². The molecular formula is C16H21N3O3. The molecule has 1 aromatic rings. The highest BCUT2D eigenvalue weighted by atomic mass is 16.2. The van der Waals surface area contributed by atoms with Gasteiger partial charge >= 0.3 is 17.1 Å². The number of nitrogens with zero attached hydrogens (tertiary/aromatic N) is 3. The molecule has 0 fully saturated rings. The molecule has 6 heteroatoms. The van der Waals surface area contributed by atoms with E-state index < -0.39 is 17.1 Å². The Morgan fingerprint density at radius 3 is 0.955 bits per heavy atom. The number of allylic oxidation sites excluding steroid dienone is 5. The number of hydrogen-bond acceptors (Lipinski definition) is 3. The van der Waals surface area contributed by atoms with E-state index in [2.05, 4.69) is 32.9 Å². The summed E-state index contributed by atoms with van der Waals surface area (Å²) in [5.41, 5.74) is -1.99. The number of hydrogen-bond donors (Lipinski definition) is 0.